The highest BCUT2D eigenvalue weighted by Gasteiger charge is 2.36. The molecule has 4 rings (SSSR count). The van der Waals surface area contributed by atoms with Gasteiger partial charge in [0, 0.05) is 11.8 Å². The SMILES string of the molecule is CC1CC(c2ccccc2)n2nc(C3CC3)nc21. The number of rotatable bonds is 2. The van der Waals surface area contributed by atoms with Crippen LogP contribution in [0.4, 0.5) is 0 Å². The quantitative estimate of drug-likeness (QED) is 0.805. The summed E-state index contributed by atoms with van der Waals surface area (Å²) in [6.07, 6.45) is 3.67. The number of hydrogen-bond acceptors (Lipinski definition) is 2. The van der Waals surface area contributed by atoms with Gasteiger partial charge in [0.05, 0.1) is 6.04 Å². The molecule has 1 saturated carbocycles. The molecule has 3 nitrogen and oxygen atoms in total. The van der Waals surface area contributed by atoms with Gasteiger partial charge in [-0.2, -0.15) is 5.10 Å². The van der Waals surface area contributed by atoms with E-state index in [2.05, 4.69) is 41.9 Å². The Morgan fingerprint density at radius 3 is 2.67 bits per heavy atom. The zero-order valence-electron chi connectivity index (χ0n) is 10.6. The van der Waals surface area contributed by atoms with Crippen LogP contribution in [-0.4, -0.2) is 14.8 Å². The lowest BCUT2D eigenvalue weighted by Crippen LogP contribution is -2.07. The van der Waals surface area contributed by atoms with Crippen molar-refractivity contribution in [1.82, 2.24) is 14.8 Å². The molecule has 0 amide bonds. The summed E-state index contributed by atoms with van der Waals surface area (Å²) in [5, 5.41) is 4.77. The first kappa shape index (κ1) is 10.3. The Labute approximate surface area is 107 Å². The lowest BCUT2D eigenvalue weighted by atomic mass is 10.0. The predicted octanol–water partition coefficient (Wildman–Crippen LogP) is 3.25. The molecule has 3 heteroatoms. The van der Waals surface area contributed by atoms with E-state index in [9.17, 15) is 0 Å². The van der Waals surface area contributed by atoms with Crippen LogP contribution in [0, 0.1) is 0 Å². The van der Waals surface area contributed by atoms with E-state index in [1.165, 1.54) is 24.2 Å². The molecule has 2 aliphatic rings. The molecule has 0 saturated heterocycles. The van der Waals surface area contributed by atoms with Crippen molar-refractivity contribution in [2.45, 2.75) is 44.1 Å². The highest BCUT2D eigenvalue weighted by atomic mass is 15.4. The maximum Gasteiger partial charge on any atom is 0.154 e. The minimum Gasteiger partial charge on any atom is -0.242 e. The number of nitrogens with zero attached hydrogens (tertiary/aromatic N) is 3. The normalized spacial score (nSPS) is 26.3. The van der Waals surface area contributed by atoms with Crippen molar-refractivity contribution in [2.75, 3.05) is 0 Å². The highest BCUT2D eigenvalue weighted by molar-refractivity contribution is 5.24. The van der Waals surface area contributed by atoms with Gasteiger partial charge in [-0.25, -0.2) is 9.67 Å². The third-order valence-corrected chi connectivity index (χ3v) is 4.11. The highest BCUT2D eigenvalue weighted by Crippen LogP contribution is 2.43. The molecule has 1 aromatic carbocycles. The van der Waals surface area contributed by atoms with E-state index in [1.807, 2.05) is 0 Å². The minimum absolute atomic E-state index is 0.385. The summed E-state index contributed by atoms with van der Waals surface area (Å²) in [5.41, 5.74) is 1.36. The summed E-state index contributed by atoms with van der Waals surface area (Å²) >= 11 is 0. The molecule has 0 bridgehead atoms. The summed E-state index contributed by atoms with van der Waals surface area (Å²) in [4.78, 5) is 4.76. The van der Waals surface area contributed by atoms with Crippen LogP contribution in [0.1, 0.15) is 61.3 Å². The average Bonchev–Trinajstić information content (AvgIpc) is 3.08. The van der Waals surface area contributed by atoms with Crippen molar-refractivity contribution < 1.29 is 0 Å². The van der Waals surface area contributed by atoms with E-state index < -0.39 is 0 Å². The lowest BCUT2D eigenvalue weighted by Gasteiger charge is -2.11. The lowest BCUT2D eigenvalue weighted by molar-refractivity contribution is 0.537. The molecule has 92 valence electrons. The largest absolute Gasteiger partial charge is 0.242 e. The third kappa shape index (κ3) is 1.50. The number of benzene rings is 1. The average molecular weight is 239 g/mol. The topological polar surface area (TPSA) is 30.7 Å². The Morgan fingerprint density at radius 2 is 1.94 bits per heavy atom. The minimum atomic E-state index is 0.385. The first-order chi connectivity index (χ1) is 8.83. The van der Waals surface area contributed by atoms with E-state index in [4.69, 9.17) is 10.1 Å². The van der Waals surface area contributed by atoms with Crippen molar-refractivity contribution in [1.29, 1.82) is 0 Å². The second kappa shape index (κ2) is 3.67. The van der Waals surface area contributed by atoms with Crippen molar-refractivity contribution in [2.24, 2.45) is 0 Å². The summed E-state index contributed by atoms with van der Waals surface area (Å²) in [6, 6.07) is 11.1. The predicted molar refractivity (Wildman–Crippen MR) is 69.6 cm³/mol. The van der Waals surface area contributed by atoms with Crippen LogP contribution in [0.5, 0.6) is 0 Å². The van der Waals surface area contributed by atoms with E-state index in [1.54, 1.807) is 0 Å². The summed E-state index contributed by atoms with van der Waals surface area (Å²) in [6.45, 7) is 2.26. The molecule has 0 spiro atoms. The van der Waals surface area contributed by atoms with Crippen molar-refractivity contribution in [3.63, 3.8) is 0 Å². The zero-order valence-corrected chi connectivity index (χ0v) is 10.6. The first-order valence-electron chi connectivity index (χ1n) is 6.84. The second-order valence-corrected chi connectivity index (χ2v) is 5.61. The molecule has 0 radical (unpaired) electrons. The Hall–Kier alpha value is -1.64. The van der Waals surface area contributed by atoms with Gasteiger partial charge in [0.15, 0.2) is 5.82 Å². The van der Waals surface area contributed by atoms with Gasteiger partial charge < -0.3 is 0 Å². The molecule has 1 fully saturated rings. The third-order valence-electron chi connectivity index (χ3n) is 4.11. The molecule has 1 aliphatic heterocycles. The van der Waals surface area contributed by atoms with Gasteiger partial charge in [0.1, 0.15) is 5.82 Å². The van der Waals surface area contributed by atoms with Crippen LogP contribution in [0.15, 0.2) is 30.3 Å². The molecule has 2 aromatic rings. The van der Waals surface area contributed by atoms with E-state index in [0.29, 0.717) is 17.9 Å². The molecule has 18 heavy (non-hydrogen) atoms. The van der Waals surface area contributed by atoms with Crippen LogP contribution in [0.25, 0.3) is 0 Å². The van der Waals surface area contributed by atoms with E-state index in [-0.39, 0.29) is 0 Å². The van der Waals surface area contributed by atoms with Gasteiger partial charge in [-0.15, -0.1) is 0 Å². The Bertz CT molecular complexity index is 569. The maximum atomic E-state index is 4.77. The first-order valence-corrected chi connectivity index (χ1v) is 6.84. The molecule has 2 unspecified atom stereocenters. The van der Waals surface area contributed by atoms with Crippen LogP contribution < -0.4 is 0 Å². The summed E-state index contributed by atoms with van der Waals surface area (Å²) < 4.78 is 2.17. The fraction of sp³-hybridized carbons (Fsp3) is 0.467. The molecule has 1 aliphatic carbocycles. The van der Waals surface area contributed by atoms with Crippen LogP contribution in [-0.2, 0) is 0 Å². The van der Waals surface area contributed by atoms with Gasteiger partial charge >= 0.3 is 0 Å². The molecule has 2 heterocycles. The van der Waals surface area contributed by atoms with E-state index >= 15 is 0 Å². The van der Waals surface area contributed by atoms with Crippen molar-refractivity contribution >= 4 is 0 Å². The molecule has 1 aromatic heterocycles. The zero-order chi connectivity index (χ0) is 12.1. The maximum absolute atomic E-state index is 4.77. The van der Waals surface area contributed by atoms with E-state index in [0.717, 1.165) is 12.2 Å². The molecule has 0 N–H and O–H groups in total. The number of hydrogen-bond donors (Lipinski definition) is 0. The Morgan fingerprint density at radius 1 is 1.17 bits per heavy atom. The molecule has 2 atom stereocenters. The Balaban J connectivity index is 1.76. The monoisotopic (exact) mass is 239 g/mol. The number of fused-ring (bicyclic) bond motifs is 1. The smallest absolute Gasteiger partial charge is 0.154 e. The standard InChI is InChI=1S/C15H17N3/c1-10-9-13(11-5-3-2-4-6-11)18-15(10)16-14(17-18)12-7-8-12/h2-6,10,12-13H,7-9H2,1H3. The van der Waals surface area contributed by atoms with Gasteiger partial charge in [0.2, 0.25) is 0 Å². The fourth-order valence-corrected chi connectivity index (χ4v) is 2.92. The van der Waals surface area contributed by atoms with Gasteiger partial charge in [0.25, 0.3) is 0 Å². The van der Waals surface area contributed by atoms with Crippen molar-refractivity contribution in [3.05, 3.63) is 47.5 Å². The van der Waals surface area contributed by atoms with Gasteiger partial charge in [-0.3, -0.25) is 0 Å². The van der Waals surface area contributed by atoms with Gasteiger partial charge in [-0.05, 0) is 24.8 Å². The second-order valence-electron chi connectivity index (χ2n) is 5.61. The van der Waals surface area contributed by atoms with Crippen LogP contribution >= 0.6 is 0 Å². The summed E-state index contributed by atoms with van der Waals surface area (Å²) in [7, 11) is 0. The van der Waals surface area contributed by atoms with Crippen LogP contribution in [0.3, 0.4) is 0 Å². The molecular weight excluding hydrogens is 222 g/mol. The number of aromatic nitrogens is 3. The van der Waals surface area contributed by atoms with Gasteiger partial charge in [-0.1, -0.05) is 37.3 Å². The fourth-order valence-electron chi connectivity index (χ4n) is 2.92. The summed E-state index contributed by atoms with van der Waals surface area (Å²) in [5.74, 6) is 3.44. The van der Waals surface area contributed by atoms with Crippen molar-refractivity contribution in [3.8, 4) is 0 Å². The Kier molecular flexibility index (Phi) is 2.10. The molecular formula is C15H17N3. The van der Waals surface area contributed by atoms with Crippen LogP contribution in [0.2, 0.25) is 0 Å².